The summed E-state index contributed by atoms with van der Waals surface area (Å²) in [6.07, 6.45) is 1.99. The molecule has 0 saturated heterocycles. The molecule has 1 unspecified atom stereocenters. The molecule has 0 bridgehead atoms. The Morgan fingerprint density at radius 2 is 2.27 bits per heavy atom. The number of aromatic nitrogens is 2. The molecule has 2 aromatic heterocycles. The first kappa shape index (κ1) is 10.4. The van der Waals surface area contributed by atoms with Crippen LogP contribution in [0.3, 0.4) is 0 Å². The van der Waals surface area contributed by atoms with Crippen LogP contribution in [0.2, 0.25) is 0 Å². The third kappa shape index (κ3) is 1.96. The fourth-order valence-corrected chi connectivity index (χ4v) is 2.70. The maximum absolute atomic E-state index is 5.82. The van der Waals surface area contributed by atoms with Gasteiger partial charge in [-0.15, -0.1) is 11.3 Å². The minimum Gasteiger partial charge on any atom is -0.328 e. The third-order valence-electron chi connectivity index (χ3n) is 2.49. The van der Waals surface area contributed by atoms with Crippen LogP contribution in [0.5, 0.6) is 0 Å². The van der Waals surface area contributed by atoms with Crippen LogP contribution in [0.15, 0.2) is 23.7 Å². The largest absolute Gasteiger partial charge is 0.328 e. The van der Waals surface area contributed by atoms with E-state index in [0.717, 1.165) is 5.69 Å². The molecule has 0 radical (unpaired) electrons. The van der Waals surface area contributed by atoms with E-state index in [-0.39, 0.29) is 6.04 Å². The van der Waals surface area contributed by atoms with Gasteiger partial charge in [-0.05, 0) is 36.9 Å². The van der Waals surface area contributed by atoms with Crippen molar-refractivity contribution >= 4 is 11.3 Å². The zero-order valence-corrected chi connectivity index (χ0v) is 9.79. The molecule has 80 valence electrons. The number of rotatable bonds is 3. The molecule has 2 N–H and O–H groups in total. The van der Waals surface area contributed by atoms with Gasteiger partial charge < -0.3 is 5.73 Å². The summed E-state index contributed by atoms with van der Waals surface area (Å²) in [5.74, 6) is 0. The minimum atomic E-state index is 0.179. The first-order valence-corrected chi connectivity index (χ1v) is 5.86. The van der Waals surface area contributed by atoms with Crippen molar-refractivity contribution < 1.29 is 0 Å². The van der Waals surface area contributed by atoms with Gasteiger partial charge in [0.25, 0.3) is 0 Å². The molecule has 4 heteroatoms. The average molecular weight is 221 g/mol. The molecular weight excluding hydrogens is 206 g/mol. The normalized spacial score (nSPS) is 13.0. The minimum absolute atomic E-state index is 0.179. The maximum Gasteiger partial charge on any atom is 0.0984 e. The van der Waals surface area contributed by atoms with Crippen LogP contribution in [-0.2, 0) is 0 Å². The van der Waals surface area contributed by atoms with E-state index >= 15 is 0 Å². The fourth-order valence-electron chi connectivity index (χ4n) is 1.67. The third-order valence-corrected chi connectivity index (χ3v) is 3.61. The summed E-state index contributed by atoms with van der Waals surface area (Å²) in [4.78, 5) is 1.31. The fraction of sp³-hybridized carbons (Fsp3) is 0.364. The monoisotopic (exact) mass is 221 g/mol. The van der Waals surface area contributed by atoms with Gasteiger partial charge in [0.2, 0.25) is 0 Å². The van der Waals surface area contributed by atoms with E-state index in [1.807, 2.05) is 23.9 Å². The van der Waals surface area contributed by atoms with Crippen LogP contribution in [0.4, 0.5) is 0 Å². The van der Waals surface area contributed by atoms with E-state index < -0.39 is 0 Å². The van der Waals surface area contributed by atoms with Crippen molar-refractivity contribution in [3.63, 3.8) is 0 Å². The summed E-state index contributed by atoms with van der Waals surface area (Å²) < 4.78 is 1.95. The molecule has 2 heterocycles. The van der Waals surface area contributed by atoms with Crippen molar-refractivity contribution in [1.29, 1.82) is 0 Å². The molecule has 0 aliphatic rings. The Kier molecular flexibility index (Phi) is 2.88. The topological polar surface area (TPSA) is 43.8 Å². The van der Waals surface area contributed by atoms with Crippen molar-refractivity contribution in [2.24, 2.45) is 5.73 Å². The Balaban J connectivity index is 2.36. The molecule has 0 fully saturated rings. The van der Waals surface area contributed by atoms with E-state index in [0.29, 0.717) is 6.54 Å². The number of nitrogens with two attached hydrogens (primary N) is 1. The second-order valence-corrected chi connectivity index (χ2v) is 4.60. The maximum atomic E-state index is 5.82. The van der Waals surface area contributed by atoms with Crippen LogP contribution in [-0.4, -0.2) is 16.3 Å². The van der Waals surface area contributed by atoms with Crippen molar-refractivity contribution in [2.45, 2.75) is 19.9 Å². The van der Waals surface area contributed by atoms with Crippen LogP contribution in [0.1, 0.15) is 22.2 Å². The number of hydrogen-bond acceptors (Lipinski definition) is 3. The molecule has 2 rings (SSSR count). The van der Waals surface area contributed by atoms with Crippen molar-refractivity contribution in [3.05, 3.63) is 39.8 Å². The van der Waals surface area contributed by atoms with Crippen molar-refractivity contribution in [1.82, 2.24) is 9.78 Å². The molecule has 2 aromatic rings. The first-order valence-electron chi connectivity index (χ1n) is 4.98. The van der Waals surface area contributed by atoms with E-state index in [1.54, 1.807) is 11.3 Å². The number of thiophene rings is 1. The number of hydrogen-bond donors (Lipinski definition) is 1. The molecule has 0 saturated carbocycles. The lowest BCUT2D eigenvalue weighted by molar-refractivity contribution is 0.534. The SMILES string of the molecule is Cc1ccn(C(CN)c2sccc2C)n1. The number of aryl methyl sites for hydroxylation is 2. The summed E-state index contributed by atoms with van der Waals surface area (Å²) in [6, 6.07) is 4.31. The quantitative estimate of drug-likeness (QED) is 0.862. The highest BCUT2D eigenvalue weighted by atomic mass is 32.1. The smallest absolute Gasteiger partial charge is 0.0984 e. The summed E-state index contributed by atoms with van der Waals surface area (Å²) >= 11 is 1.75. The Morgan fingerprint density at radius 1 is 1.47 bits per heavy atom. The standard InChI is InChI=1S/C11H15N3S/c1-8-4-6-15-11(8)10(7-12)14-5-3-9(2)13-14/h3-6,10H,7,12H2,1-2H3. The lowest BCUT2D eigenvalue weighted by atomic mass is 10.2. The second-order valence-electron chi connectivity index (χ2n) is 3.66. The second kappa shape index (κ2) is 4.16. The van der Waals surface area contributed by atoms with Gasteiger partial charge in [-0.25, -0.2) is 0 Å². The summed E-state index contributed by atoms with van der Waals surface area (Å²) in [6.45, 7) is 4.69. The summed E-state index contributed by atoms with van der Waals surface area (Å²) in [5.41, 5.74) is 8.15. The predicted molar refractivity (Wildman–Crippen MR) is 63.2 cm³/mol. The highest BCUT2D eigenvalue weighted by Gasteiger charge is 2.15. The Hall–Kier alpha value is -1.13. The highest BCUT2D eigenvalue weighted by Crippen LogP contribution is 2.25. The molecule has 0 aromatic carbocycles. The van der Waals surface area contributed by atoms with Crippen LogP contribution >= 0.6 is 11.3 Å². The van der Waals surface area contributed by atoms with Crippen molar-refractivity contribution in [3.8, 4) is 0 Å². The van der Waals surface area contributed by atoms with E-state index in [2.05, 4.69) is 23.5 Å². The Bertz CT molecular complexity index is 444. The molecule has 0 aliphatic heterocycles. The Morgan fingerprint density at radius 3 is 2.73 bits per heavy atom. The summed E-state index contributed by atoms with van der Waals surface area (Å²) in [7, 11) is 0. The van der Waals surface area contributed by atoms with Crippen LogP contribution < -0.4 is 5.73 Å². The molecule has 15 heavy (non-hydrogen) atoms. The highest BCUT2D eigenvalue weighted by molar-refractivity contribution is 7.10. The lowest BCUT2D eigenvalue weighted by Gasteiger charge is -2.14. The molecule has 0 spiro atoms. The van der Waals surface area contributed by atoms with Gasteiger partial charge in [0.15, 0.2) is 0 Å². The van der Waals surface area contributed by atoms with Gasteiger partial charge in [0, 0.05) is 17.6 Å². The molecule has 0 amide bonds. The zero-order valence-electron chi connectivity index (χ0n) is 8.97. The predicted octanol–water partition coefficient (Wildman–Crippen LogP) is 2.11. The van der Waals surface area contributed by atoms with Gasteiger partial charge in [-0.3, -0.25) is 4.68 Å². The first-order chi connectivity index (χ1) is 7.22. The van der Waals surface area contributed by atoms with Gasteiger partial charge in [-0.2, -0.15) is 5.10 Å². The number of nitrogens with zero attached hydrogens (tertiary/aromatic N) is 2. The van der Waals surface area contributed by atoms with Crippen LogP contribution in [0, 0.1) is 13.8 Å². The van der Waals surface area contributed by atoms with Gasteiger partial charge in [-0.1, -0.05) is 0 Å². The molecule has 1 atom stereocenters. The molecule has 3 nitrogen and oxygen atoms in total. The van der Waals surface area contributed by atoms with Crippen LogP contribution in [0.25, 0.3) is 0 Å². The van der Waals surface area contributed by atoms with E-state index in [1.165, 1.54) is 10.4 Å². The summed E-state index contributed by atoms with van der Waals surface area (Å²) in [5, 5.41) is 6.52. The van der Waals surface area contributed by atoms with Crippen molar-refractivity contribution in [2.75, 3.05) is 6.54 Å². The Labute approximate surface area is 93.5 Å². The average Bonchev–Trinajstić information content (AvgIpc) is 2.79. The zero-order chi connectivity index (χ0) is 10.8. The van der Waals surface area contributed by atoms with E-state index in [9.17, 15) is 0 Å². The van der Waals surface area contributed by atoms with E-state index in [4.69, 9.17) is 5.73 Å². The molecular formula is C11H15N3S. The molecule has 0 aliphatic carbocycles. The van der Waals surface area contributed by atoms with Gasteiger partial charge in [0.1, 0.15) is 0 Å². The van der Waals surface area contributed by atoms with Gasteiger partial charge in [0.05, 0.1) is 11.7 Å². The van der Waals surface area contributed by atoms with Gasteiger partial charge >= 0.3 is 0 Å². The lowest BCUT2D eigenvalue weighted by Crippen LogP contribution is -2.20.